The van der Waals surface area contributed by atoms with E-state index in [0.717, 1.165) is 24.8 Å². The summed E-state index contributed by atoms with van der Waals surface area (Å²) in [5.74, 6) is -0.123. The number of allylic oxidation sites excluding steroid dienone is 2. The molecule has 1 heterocycles. The second-order valence-corrected chi connectivity index (χ2v) is 9.17. The summed E-state index contributed by atoms with van der Waals surface area (Å²) in [6.45, 7) is 10.3. The molecule has 0 radical (unpaired) electrons. The number of rotatable bonds is 3. The molecule has 5 heteroatoms. The molecule has 26 heavy (non-hydrogen) atoms. The lowest BCUT2D eigenvalue weighted by Gasteiger charge is -2.63. The van der Waals surface area contributed by atoms with Gasteiger partial charge in [-0.25, -0.2) is 4.79 Å². The van der Waals surface area contributed by atoms with Crippen molar-refractivity contribution in [2.75, 3.05) is 13.2 Å². The molecule has 3 rings (SSSR count). The molecule has 0 aromatic rings. The normalized spacial score (nSPS) is 47.8. The average molecular weight is 364 g/mol. The number of carbonyl (C=O) groups excluding carboxylic acids is 1. The Morgan fingerprint density at radius 3 is 2.58 bits per heavy atom. The Bertz CT molecular complexity index is 636. The summed E-state index contributed by atoms with van der Waals surface area (Å²) in [6.07, 6.45) is 4.82. The Kier molecular flexibility index (Phi) is 4.87. The molecule has 6 atom stereocenters. The van der Waals surface area contributed by atoms with Crippen LogP contribution in [0, 0.1) is 22.7 Å². The highest BCUT2D eigenvalue weighted by Gasteiger charge is 2.61. The van der Waals surface area contributed by atoms with Crippen LogP contribution in [-0.4, -0.2) is 46.2 Å². The van der Waals surface area contributed by atoms with Crippen LogP contribution < -0.4 is 0 Å². The molecule has 0 aromatic carbocycles. The zero-order chi connectivity index (χ0) is 19.3. The van der Waals surface area contributed by atoms with E-state index in [4.69, 9.17) is 4.74 Å². The molecule has 3 aliphatic rings. The van der Waals surface area contributed by atoms with E-state index < -0.39 is 23.1 Å². The number of aliphatic hydroxyl groups is 3. The summed E-state index contributed by atoms with van der Waals surface area (Å²) < 4.78 is 4.91. The average Bonchev–Trinajstić information content (AvgIpc) is 2.90. The highest BCUT2D eigenvalue weighted by Crippen LogP contribution is 2.64. The third-order valence-electron chi connectivity index (χ3n) is 7.86. The van der Waals surface area contributed by atoms with E-state index in [1.54, 1.807) is 0 Å². The van der Waals surface area contributed by atoms with Gasteiger partial charge in [0.15, 0.2) is 0 Å². The Balaban J connectivity index is 1.92. The lowest BCUT2D eigenvalue weighted by Crippen LogP contribution is -2.62. The van der Waals surface area contributed by atoms with E-state index >= 15 is 0 Å². The van der Waals surface area contributed by atoms with E-state index in [1.807, 2.05) is 19.9 Å². The van der Waals surface area contributed by atoms with Crippen LogP contribution in [0.3, 0.4) is 0 Å². The number of ether oxygens (including phenoxy) is 1. The molecule has 1 aliphatic heterocycles. The molecule has 0 amide bonds. The third-order valence-corrected chi connectivity index (χ3v) is 7.86. The van der Waals surface area contributed by atoms with Crippen molar-refractivity contribution in [3.63, 3.8) is 0 Å². The quantitative estimate of drug-likeness (QED) is 0.406. The van der Waals surface area contributed by atoms with Crippen molar-refractivity contribution in [2.45, 2.75) is 64.6 Å². The first kappa shape index (κ1) is 19.6. The van der Waals surface area contributed by atoms with Crippen molar-refractivity contribution in [1.29, 1.82) is 0 Å². The molecule has 3 N–H and O–H groups in total. The Morgan fingerprint density at radius 2 is 2.00 bits per heavy atom. The van der Waals surface area contributed by atoms with Gasteiger partial charge in [0.1, 0.15) is 12.7 Å². The Hall–Kier alpha value is -1.17. The van der Waals surface area contributed by atoms with Gasteiger partial charge in [-0.2, -0.15) is 0 Å². The second-order valence-electron chi connectivity index (χ2n) is 9.17. The fourth-order valence-electron chi connectivity index (χ4n) is 5.76. The molecule has 2 aliphatic carbocycles. The maximum Gasteiger partial charge on any atom is 0.336 e. The molecule has 5 nitrogen and oxygen atoms in total. The Labute approximate surface area is 155 Å². The fourth-order valence-corrected chi connectivity index (χ4v) is 5.76. The summed E-state index contributed by atoms with van der Waals surface area (Å²) in [6, 6.07) is 0. The topological polar surface area (TPSA) is 87.0 Å². The number of hydrogen-bond donors (Lipinski definition) is 3. The number of cyclic esters (lactones) is 1. The van der Waals surface area contributed by atoms with Crippen LogP contribution in [0.4, 0.5) is 0 Å². The van der Waals surface area contributed by atoms with Crippen LogP contribution in [-0.2, 0) is 9.53 Å². The van der Waals surface area contributed by atoms with Crippen molar-refractivity contribution in [3.05, 3.63) is 23.8 Å². The molecule has 1 saturated heterocycles. The van der Waals surface area contributed by atoms with Crippen LogP contribution in [0.25, 0.3) is 0 Å². The van der Waals surface area contributed by atoms with Gasteiger partial charge in [-0.3, -0.25) is 0 Å². The van der Waals surface area contributed by atoms with Gasteiger partial charge in [-0.1, -0.05) is 32.1 Å². The highest BCUT2D eigenvalue weighted by molar-refractivity contribution is 5.91. The zero-order valence-corrected chi connectivity index (χ0v) is 16.1. The fraction of sp³-hybridized carbons (Fsp3) is 0.762. The lowest BCUT2D eigenvalue weighted by molar-refractivity contribution is -0.201. The van der Waals surface area contributed by atoms with Gasteiger partial charge in [-0.15, -0.1) is 0 Å². The van der Waals surface area contributed by atoms with Crippen LogP contribution in [0.2, 0.25) is 0 Å². The van der Waals surface area contributed by atoms with E-state index in [-0.39, 0.29) is 30.5 Å². The molecular formula is C21H32O5. The molecule has 3 fully saturated rings. The predicted molar refractivity (Wildman–Crippen MR) is 98.2 cm³/mol. The highest BCUT2D eigenvalue weighted by atomic mass is 16.6. The molecule has 0 aromatic heterocycles. The van der Waals surface area contributed by atoms with Gasteiger partial charge in [0.25, 0.3) is 0 Å². The summed E-state index contributed by atoms with van der Waals surface area (Å²) >= 11 is 0. The number of esters is 1. The van der Waals surface area contributed by atoms with E-state index in [9.17, 15) is 20.1 Å². The monoisotopic (exact) mass is 364 g/mol. The van der Waals surface area contributed by atoms with Crippen LogP contribution in [0.5, 0.6) is 0 Å². The third kappa shape index (κ3) is 2.76. The van der Waals surface area contributed by atoms with Gasteiger partial charge in [0.2, 0.25) is 0 Å². The van der Waals surface area contributed by atoms with Gasteiger partial charge >= 0.3 is 5.97 Å². The summed E-state index contributed by atoms with van der Waals surface area (Å²) in [4.78, 5) is 11.8. The molecule has 6 unspecified atom stereocenters. The standard InChI is InChI=1S/C21H32O5/c1-13-5-8-17-19(2,9-10-21(4,25)20(17,3)12-22)15(13)7-6-14-16(23)11-26-18(14)24/h6,15-17,22-23,25H,1,5,7-12H2,2-4H3. The SMILES string of the molecule is C=C1CCC2C(C)(CCC(C)(O)C2(C)CO)C1CC=C1C(=O)OCC1O. The number of hydrogen-bond acceptors (Lipinski definition) is 5. The van der Waals surface area contributed by atoms with Gasteiger partial charge in [-0.05, 0) is 56.3 Å². The molecule has 146 valence electrons. The zero-order valence-electron chi connectivity index (χ0n) is 16.1. The number of carbonyl (C=O) groups is 1. The second kappa shape index (κ2) is 6.47. The summed E-state index contributed by atoms with van der Waals surface area (Å²) in [5.41, 5.74) is -0.0872. The smallest absolute Gasteiger partial charge is 0.336 e. The van der Waals surface area contributed by atoms with Gasteiger partial charge < -0.3 is 20.1 Å². The Morgan fingerprint density at radius 1 is 1.31 bits per heavy atom. The number of fused-ring (bicyclic) bond motifs is 1. The van der Waals surface area contributed by atoms with E-state index in [0.29, 0.717) is 18.4 Å². The minimum absolute atomic E-state index is 0.0294. The predicted octanol–water partition coefficient (Wildman–Crippen LogP) is 2.35. The maximum absolute atomic E-state index is 11.8. The first-order chi connectivity index (χ1) is 12.1. The molecule has 2 saturated carbocycles. The van der Waals surface area contributed by atoms with Crippen LogP contribution in [0.15, 0.2) is 23.8 Å². The van der Waals surface area contributed by atoms with Crippen molar-refractivity contribution in [2.24, 2.45) is 22.7 Å². The van der Waals surface area contributed by atoms with Crippen molar-refractivity contribution < 1.29 is 24.9 Å². The van der Waals surface area contributed by atoms with Crippen molar-refractivity contribution >= 4 is 5.97 Å². The van der Waals surface area contributed by atoms with Gasteiger partial charge in [0, 0.05) is 5.41 Å². The van der Waals surface area contributed by atoms with Crippen LogP contribution in [0.1, 0.15) is 52.9 Å². The van der Waals surface area contributed by atoms with Crippen molar-refractivity contribution in [3.8, 4) is 0 Å². The molecule has 0 bridgehead atoms. The minimum Gasteiger partial charge on any atom is -0.459 e. The number of aliphatic hydroxyl groups excluding tert-OH is 2. The first-order valence-corrected chi connectivity index (χ1v) is 9.63. The molecular weight excluding hydrogens is 332 g/mol. The van der Waals surface area contributed by atoms with Gasteiger partial charge in [0.05, 0.1) is 17.8 Å². The molecule has 0 spiro atoms. The van der Waals surface area contributed by atoms with Crippen LogP contribution >= 0.6 is 0 Å². The summed E-state index contributed by atoms with van der Waals surface area (Å²) in [5, 5.41) is 31.1. The van der Waals surface area contributed by atoms with E-state index in [2.05, 4.69) is 13.5 Å². The lowest BCUT2D eigenvalue weighted by atomic mass is 9.43. The maximum atomic E-state index is 11.8. The van der Waals surface area contributed by atoms with E-state index in [1.165, 1.54) is 0 Å². The summed E-state index contributed by atoms with van der Waals surface area (Å²) in [7, 11) is 0. The first-order valence-electron chi connectivity index (χ1n) is 9.63. The largest absolute Gasteiger partial charge is 0.459 e. The van der Waals surface area contributed by atoms with Crippen molar-refractivity contribution in [1.82, 2.24) is 0 Å². The minimum atomic E-state index is -0.904.